The maximum Gasteiger partial charge on any atom is 0.254 e. The Morgan fingerprint density at radius 2 is 1.96 bits per heavy atom. The lowest BCUT2D eigenvalue weighted by Crippen LogP contribution is -2.47. The number of benzene rings is 1. The van der Waals surface area contributed by atoms with Crippen LogP contribution in [-0.2, 0) is 0 Å². The van der Waals surface area contributed by atoms with E-state index in [1.54, 1.807) is 0 Å². The minimum atomic E-state index is -0.205. The van der Waals surface area contributed by atoms with Gasteiger partial charge in [-0.2, -0.15) is 0 Å². The predicted molar refractivity (Wildman–Crippen MR) is 111 cm³/mol. The molecule has 1 N–H and O–H groups in total. The minimum absolute atomic E-state index is 0.0177. The number of carbonyl (C=O) groups excluding carboxylic acids is 1. The molecule has 2 aromatic rings. The van der Waals surface area contributed by atoms with Crippen molar-refractivity contribution in [2.24, 2.45) is 11.8 Å². The number of amides is 1. The van der Waals surface area contributed by atoms with Crippen molar-refractivity contribution in [3.63, 3.8) is 0 Å². The molecule has 0 spiro atoms. The van der Waals surface area contributed by atoms with Crippen molar-refractivity contribution in [3.8, 4) is 0 Å². The van der Waals surface area contributed by atoms with Crippen LogP contribution in [0.2, 0.25) is 0 Å². The van der Waals surface area contributed by atoms with E-state index in [4.69, 9.17) is 0 Å². The summed E-state index contributed by atoms with van der Waals surface area (Å²) in [5.74, 6) is 1.44. The number of aromatic nitrogens is 1. The summed E-state index contributed by atoms with van der Waals surface area (Å²) in [5.41, 5.74) is 2.18. The molecule has 4 fully saturated rings. The van der Waals surface area contributed by atoms with Gasteiger partial charge in [-0.15, -0.1) is 0 Å². The largest absolute Gasteiger partial charge is 0.337 e. The van der Waals surface area contributed by atoms with Gasteiger partial charge in [-0.3, -0.25) is 14.5 Å². The monoisotopic (exact) mass is 379 g/mol. The molecule has 5 heteroatoms. The number of nitrogens with zero attached hydrogens (tertiary/aromatic N) is 2. The van der Waals surface area contributed by atoms with Crippen molar-refractivity contribution in [2.75, 3.05) is 26.2 Å². The van der Waals surface area contributed by atoms with E-state index in [1.807, 2.05) is 30.0 Å². The molecule has 1 aromatic carbocycles. The van der Waals surface area contributed by atoms with Crippen LogP contribution in [0.15, 0.2) is 29.1 Å². The van der Waals surface area contributed by atoms with Crippen LogP contribution in [0.25, 0.3) is 10.9 Å². The summed E-state index contributed by atoms with van der Waals surface area (Å²) in [6.07, 6.45) is 6.52. The summed E-state index contributed by atoms with van der Waals surface area (Å²) in [7, 11) is 0. The van der Waals surface area contributed by atoms with Crippen LogP contribution >= 0.6 is 0 Å². The van der Waals surface area contributed by atoms with Crippen molar-refractivity contribution in [3.05, 3.63) is 45.7 Å². The third-order valence-electron chi connectivity index (χ3n) is 7.06. The lowest BCUT2D eigenvalue weighted by atomic mass is 9.83. The number of fused-ring (bicyclic) bond motifs is 5. The van der Waals surface area contributed by atoms with Crippen LogP contribution in [0.3, 0.4) is 0 Å². The number of hydrogen-bond donors (Lipinski definition) is 1. The lowest BCUT2D eigenvalue weighted by Gasteiger charge is -2.40. The van der Waals surface area contributed by atoms with Gasteiger partial charge in [-0.1, -0.05) is 18.1 Å². The Kier molecular flexibility index (Phi) is 4.50. The van der Waals surface area contributed by atoms with E-state index < -0.39 is 0 Å². The average Bonchev–Trinajstić information content (AvgIpc) is 2.95. The number of pyridine rings is 1. The highest BCUT2D eigenvalue weighted by Crippen LogP contribution is 2.33. The first-order valence-corrected chi connectivity index (χ1v) is 10.7. The standard InChI is InChI=1S/C23H29N3O2/c1-15-5-8-21-19(9-15)20(10-22(27)24-21)23(28)26-13-17-6-7-18(14-26)25(12-17)11-16-3-2-4-16/h5,8-10,16-18H,2-4,6-7,11-14H2,1H3,(H,24,27)/t17-,18-/m0/s1. The molecule has 2 atom stereocenters. The third kappa shape index (κ3) is 3.26. The number of hydrogen-bond acceptors (Lipinski definition) is 3. The third-order valence-corrected chi connectivity index (χ3v) is 7.06. The molecular weight excluding hydrogens is 350 g/mol. The first-order valence-electron chi connectivity index (χ1n) is 10.7. The normalized spacial score (nSPS) is 25.7. The van der Waals surface area contributed by atoms with E-state index in [2.05, 4.69) is 9.88 Å². The van der Waals surface area contributed by atoms with E-state index >= 15 is 0 Å². The van der Waals surface area contributed by atoms with Gasteiger partial charge in [0.05, 0.1) is 5.56 Å². The molecule has 4 aliphatic rings. The molecule has 28 heavy (non-hydrogen) atoms. The molecule has 1 aliphatic carbocycles. The maximum atomic E-state index is 13.5. The summed E-state index contributed by atoms with van der Waals surface area (Å²) in [6.45, 7) is 5.96. The molecule has 3 aliphatic heterocycles. The molecular formula is C23H29N3O2. The van der Waals surface area contributed by atoms with E-state index in [-0.39, 0.29) is 11.5 Å². The van der Waals surface area contributed by atoms with E-state index in [0.29, 0.717) is 17.5 Å². The molecule has 4 heterocycles. The molecule has 0 unspecified atom stereocenters. The molecule has 6 rings (SSSR count). The summed E-state index contributed by atoms with van der Waals surface area (Å²) >= 11 is 0. The van der Waals surface area contributed by atoms with Gasteiger partial charge < -0.3 is 9.88 Å². The number of rotatable bonds is 3. The molecule has 1 aromatic heterocycles. The fourth-order valence-corrected chi connectivity index (χ4v) is 5.29. The van der Waals surface area contributed by atoms with Crippen molar-refractivity contribution in [1.82, 2.24) is 14.8 Å². The Balaban J connectivity index is 1.43. The number of aryl methyl sites for hydroxylation is 1. The van der Waals surface area contributed by atoms with Gasteiger partial charge in [0.2, 0.25) is 5.56 Å². The summed E-state index contributed by atoms with van der Waals surface area (Å²) < 4.78 is 0. The van der Waals surface area contributed by atoms with Gasteiger partial charge >= 0.3 is 0 Å². The quantitative estimate of drug-likeness (QED) is 0.891. The minimum Gasteiger partial charge on any atom is -0.337 e. The zero-order valence-corrected chi connectivity index (χ0v) is 16.6. The predicted octanol–water partition coefficient (Wildman–Crippen LogP) is 3.17. The second-order valence-electron chi connectivity index (χ2n) is 9.15. The SMILES string of the molecule is Cc1ccc2[nH]c(=O)cc(C(=O)N3C[C@H]4CC[C@@H](C3)N(CC3CCC3)C4)c2c1. The summed E-state index contributed by atoms with van der Waals surface area (Å²) in [4.78, 5) is 33.2. The Morgan fingerprint density at radius 1 is 1.11 bits per heavy atom. The molecule has 0 radical (unpaired) electrons. The summed E-state index contributed by atoms with van der Waals surface area (Å²) in [6, 6.07) is 7.83. The molecule has 1 amide bonds. The number of H-pyrrole nitrogens is 1. The zero-order chi connectivity index (χ0) is 19.3. The molecule has 3 saturated heterocycles. The van der Waals surface area contributed by atoms with Crippen molar-refractivity contribution >= 4 is 16.8 Å². The molecule has 5 nitrogen and oxygen atoms in total. The van der Waals surface area contributed by atoms with E-state index in [9.17, 15) is 9.59 Å². The number of carbonyl (C=O) groups is 1. The average molecular weight is 380 g/mol. The van der Waals surface area contributed by atoms with Crippen molar-refractivity contribution in [2.45, 2.75) is 45.1 Å². The molecule has 2 bridgehead atoms. The Morgan fingerprint density at radius 3 is 2.75 bits per heavy atom. The number of aromatic amines is 1. The zero-order valence-electron chi connectivity index (χ0n) is 16.6. The Labute approximate surface area is 165 Å². The van der Waals surface area contributed by atoms with E-state index in [1.165, 1.54) is 44.7 Å². The molecule has 1 saturated carbocycles. The fraction of sp³-hybridized carbons (Fsp3) is 0.565. The van der Waals surface area contributed by atoms with Crippen LogP contribution < -0.4 is 5.56 Å². The number of piperidine rings is 1. The lowest BCUT2D eigenvalue weighted by molar-refractivity contribution is 0.0719. The summed E-state index contributed by atoms with van der Waals surface area (Å²) in [5, 5.41) is 0.854. The highest BCUT2D eigenvalue weighted by atomic mass is 16.2. The van der Waals surface area contributed by atoms with Crippen molar-refractivity contribution < 1.29 is 4.79 Å². The van der Waals surface area contributed by atoms with Crippen LogP contribution in [0, 0.1) is 18.8 Å². The smallest absolute Gasteiger partial charge is 0.254 e. The van der Waals surface area contributed by atoms with Crippen molar-refractivity contribution in [1.29, 1.82) is 0 Å². The van der Waals surface area contributed by atoms with Crippen LogP contribution in [0.5, 0.6) is 0 Å². The van der Waals surface area contributed by atoms with Crippen LogP contribution in [0.1, 0.15) is 48.0 Å². The van der Waals surface area contributed by atoms with Gasteiger partial charge in [0.1, 0.15) is 0 Å². The van der Waals surface area contributed by atoms with Gasteiger partial charge in [-0.25, -0.2) is 0 Å². The first-order chi connectivity index (χ1) is 13.6. The van der Waals surface area contributed by atoms with E-state index in [0.717, 1.165) is 42.0 Å². The van der Waals surface area contributed by atoms with Gasteiger partial charge in [0.15, 0.2) is 0 Å². The first kappa shape index (κ1) is 17.9. The van der Waals surface area contributed by atoms with Gasteiger partial charge in [-0.05, 0) is 56.6 Å². The van der Waals surface area contributed by atoms with Crippen LogP contribution in [0.4, 0.5) is 0 Å². The van der Waals surface area contributed by atoms with Gasteiger partial charge in [0, 0.05) is 49.2 Å². The highest BCUT2D eigenvalue weighted by molar-refractivity contribution is 6.06. The maximum absolute atomic E-state index is 13.5. The van der Waals surface area contributed by atoms with Crippen LogP contribution in [-0.4, -0.2) is 52.9 Å². The second kappa shape index (κ2) is 7.03. The Hall–Kier alpha value is -2.14. The second-order valence-corrected chi connectivity index (χ2v) is 9.15. The van der Waals surface area contributed by atoms with Gasteiger partial charge in [0.25, 0.3) is 5.91 Å². The molecule has 148 valence electrons. The fourth-order valence-electron chi connectivity index (χ4n) is 5.29. The highest BCUT2D eigenvalue weighted by Gasteiger charge is 2.38. The topological polar surface area (TPSA) is 56.4 Å². The Bertz CT molecular complexity index is 962. The number of nitrogens with one attached hydrogen (secondary N) is 1.